The van der Waals surface area contributed by atoms with Gasteiger partial charge in [0.15, 0.2) is 6.29 Å². The summed E-state index contributed by atoms with van der Waals surface area (Å²) in [6.07, 6.45) is 15.7. The van der Waals surface area contributed by atoms with Crippen molar-refractivity contribution in [1.82, 2.24) is 9.80 Å². The maximum Gasteiger partial charge on any atom is 0.157 e. The second-order valence-corrected chi connectivity index (χ2v) is 9.64. The van der Waals surface area contributed by atoms with Gasteiger partial charge < -0.3 is 24.0 Å². The van der Waals surface area contributed by atoms with Gasteiger partial charge in [-0.1, -0.05) is 58.3 Å². The van der Waals surface area contributed by atoms with E-state index in [4.69, 9.17) is 14.2 Å². The summed E-state index contributed by atoms with van der Waals surface area (Å²) in [5.41, 5.74) is 0. The van der Waals surface area contributed by atoms with Gasteiger partial charge in [0, 0.05) is 46.1 Å². The third kappa shape index (κ3) is 22.0. The Hall–Kier alpha value is -0.200. The van der Waals surface area contributed by atoms with Crippen LogP contribution in [0, 0.1) is 5.92 Å². The largest absolute Gasteiger partial charge is 0.382 e. The van der Waals surface area contributed by atoms with Gasteiger partial charge in [-0.15, -0.1) is 0 Å². The molecule has 5 nitrogen and oxygen atoms in total. The predicted octanol–water partition coefficient (Wildman–Crippen LogP) is 6.60. The molecule has 0 aliphatic heterocycles. The monoisotopic (exact) mass is 472 g/mol. The fraction of sp³-hybridized carbons (Fsp3) is 1.00. The number of ether oxygens (including phenoxy) is 3. The van der Waals surface area contributed by atoms with E-state index in [1.54, 1.807) is 0 Å². The van der Waals surface area contributed by atoms with E-state index in [1.165, 1.54) is 70.8 Å². The Balaban J connectivity index is 4.31. The first-order valence-electron chi connectivity index (χ1n) is 14.2. The highest BCUT2D eigenvalue weighted by Gasteiger charge is 2.15. The Morgan fingerprint density at radius 3 is 1.76 bits per heavy atom. The molecular weight excluding hydrogens is 412 g/mol. The Morgan fingerprint density at radius 1 is 0.545 bits per heavy atom. The summed E-state index contributed by atoms with van der Waals surface area (Å²) in [7, 11) is 4.51. The van der Waals surface area contributed by atoms with Crippen molar-refractivity contribution >= 4 is 0 Å². The summed E-state index contributed by atoms with van der Waals surface area (Å²) in [6, 6.07) is 0. The van der Waals surface area contributed by atoms with Crippen molar-refractivity contribution in [3.8, 4) is 0 Å². The zero-order valence-electron chi connectivity index (χ0n) is 23.4. The third-order valence-electron chi connectivity index (χ3n) is 6.55. The highest BCUT2D eigenvalue weighted by atomic mass is 16.7. The molecule has 0 fully saturated rings. The summed E-state index contributed by atoms with van der Waals surface area (Å²) in [5.74, 6) is 0.774. The molecule has 0 aliphatic rings. The molecule has 0 saturated heterocycles. The van der Waals surface area contributed by atoms with Gasteiger partial charge in [0.25, 0.3) is 0 Å². The number of hydrogen-bond acceptors (Lipinski definition) is 5. The number of hydrogen-bond donors (Lipinski definition) is 0. The SMILES string of the molecule is CCCCCCCCCC(CCC(OCC)OCC)CCN(C)CCN(C)CCCOCC. The summed E-state index contributed by atoms with van der Waals surface area (Å²) in [6.45, 7) is 16.2. The van der Waals surface area contributed by atoms with Crippen molar-refractivity contribution in [3.05, 3.63) is 0 Å². The van der Waals surface area contributed by atoms with Crippen molar-refractivity contribution in [2.24, 2.45) is 5.92 Å². The molecule has 0 heterocycles. The molecule has 200 valence electrons. The van der Waals surface area contributed by atoms with E-state index < -0.39 is 0 Å². The molecule has 33 heavy (non-hydrogen) atoms. The van der Waals surface area contributed by atoms with Gasteiger partial charge in [0.2, 0.25) is 0 Å². The molecule has 0 bridgehead atoms. The molecule has 1 unspecified atom stereocenters. The molecule has 0 aliphatic carbocycles. The minimum atomic E-state index is -0.0281. The van der Waals surface area contributed by atoms with Crippen molar-refractivity contribution in [1.29, 1.82) is 0 Å². The molecule has 0 radical (unpaired) electrons. The Bertz CT molecular complexity index is 378. The topological polar surface area (TPSA) is 34.2 Å². The van der Waals surface area contributed by atoms with Crippen LogP contribution in [0.1, 0.15) is 105 Å². The fourth-order valence-electron chi connectivity index (χ4n) is 4.33. The first kappa shape index (κ1) is 32.8. The molecular formula is C28H60N2O3. The maximum absolute atomic E-state index is 5.80. The number of likely N-dealkylation sites (N-methyl/N-ethyl adjacent to an activating group) is 2. The fourth-order valence-corrected chi connectivity index (χ4v) is 4.33. The molecule has 0 aromatic heterocycles. The van der Waals surface area contributed by atoms with E-state index in [2.05, 4.69) is 51.6 Å². The van der Waals surface area contributed by atoms with Gasteiger partial charge in [-0.05, 0) is 73.0 Å². The summed E-state index contributed by atoms with van der Waals surface area (Å²) in [4.78, 5) is 4.94. The van der Waals surface area contributed by atoms with E-state index in [0.29, 0.717) is 0 Å². The van der Waals surface area contributed by atoms with E-state index in [0.717, 1.165) is 64.8 Å². The Kier molecular flexibility index (Phi) is 24.8. The number of unbranched alkanes of at least 4 members (excludes halogenated alkanes) is 6. The predicted molar refractivity (Wildman–Crippen MR) is 143 cm³/mol. The smallest absolute Gasteiger partial charge is 0.157 e. The lowest BCUT2D eigenvalue weighted by Gasteiger charge is -2.25. The number of rotatable bonds is 26. The van der Waals surface area contributed by atoms with Gasteiger partial charge >= 0.3 is 0 Å². The molecule has 0 aromatic rings. The second-order valence-electron chi connectivity index (χ2n) is 9.64. The zero-order chi connectivity index (χ0) is 24.6. The van der Waals surface area contributed by atoms with E-state index in [9.17, 15) is 0 Å². The highest BCUT2D eigenvalue weighted by molar-refractivity contribution is 4.66. The molecule has 1 atom stereocenters. The summed E-state index contributed by atoms with van der Waals surface area (Å²) in [5, 5.41) is 0. The van der Waals surface area contributed by atoms with Crippen molar-refractivity contribution in [3.63, 3.8) is 0 Å². The van der Waals surface area contributed by atoms with Gasteiger partial charge in [-0.2, -0.15) is 0 Å². The third-order valence-corrected chi connectivity index (χ3v) is 6.55. The van der Waals surface area contributed by atoms with Crippen LogP contribution in [0.5, 0.6) is 0 Å². The van der Waals surface area contributed by atoms with Crippen LogP contribution in [0.2, 0.25) is 0 Å². The molecule has 0 N–H and O–H groups in total. The second kappa shape index (κ2) is 24.9. The summed E-state index contributed by atoms with van der Waals surface area (Å²) >= 11 is 0. The molecule has 0 rings (SSSR count). The van der Waals surface area contributed by atoms with Crippen LogP contribution in [0.15, 0.2) is 0 Å². The standard InChI is InChI=1S/C28H60N2O3/c1-7-11-12-13-14-15-16-18-27(19-20-28(32-9-3)33-10-4)21-23-30(6)25-24-29(5)22-17-26-31-8-2/h27-28H,7-26H2,1-6H3. The molecule has 0 saturated carbocycles. The normalized spacial score (nSPS) is 13.0. The van der Waals surface area contributed by atoms with Gasteiger partial charge in [0.05, 0.1) is 0 Å². The van der Waals surface area contributed by atoms with Crippen LogP contribution >= 0.6 is 0 Å². The Morgan fingerprint density at radius 2 is 1.15 bits per heavy atom. The van der Waals surface area contributed by atoms with Gasteiger partial charge in [0.1, 0.15) is 0 Å². The first-order chi connectivity index (χ1) is 16.1. The minimum Gasteiger partial charge on any atom is -0.382 e. The lowest BCUT2D eigenvalue weighted by Crippen LogP contribution is -2.33. The van der Waals surface area contributed by atoms with Crippen LogP contribution in [-0.4, -0.2) is 82.8 Å². The molecule has 0 aromatic carbocycles. The van der Waals surface area contributed by atoms with Crippen LogP contribution < -0.4 is 0 Å². The van der Waals surface area contributed by atoms with E-state index >= 15 is 0 Å². The van der Waals surface area contributed by atoms with Crippen molar-refractivity contribution in [2.45, 2.75) is 111 Å². The quantitative estimate of drug-likeness (QED) is 0.105. The van der Waals surface area contributed by atoms with Crippen LogP contribution in [0.25, 0.3) is 0 Å². The number of nitrogens with zero attached hydrogens (tertiary/aromatic N) is 2. The van der Waals surface area contributed by atoms with Gasteiger partial charge in [-0.25, -0.2) is 0 Å². The van der Waals surface area contributed by atoms with E-state index in [-0.39, 0.29) is 6.29 Å². The van der Waals surface area contributed by atoms with Crippen LogP contribution in [-0.2, 0) is 14.2 Å². The van der Waals surface area contributed by atoms with Crippen LogP contribution in [0.3, 0.4) is 0 Å². The lowest BCUT2D eigenvalue weighted by atomic mass is 9.92. The minimum absolute atomic E-state index is 0.0281. The average Bonchev–Trinajstić information content (AvgIpc) is 2.81. The maximum atomic E-state index is 5.80. The lowest BCUT2D eigenvalue weighted by molar-refractivity contribution is -0.141. The van der Waals surface area contributed by atoms with Crippen molar-refractivity contribution in [2.75, 3.05) is 66.7 Å². The molecule has 0 amide bonds. The molecule has 5 heteroatoms. The molecule has 0 spiro atoms. The Labute approximate surface area is 207 Å². The zero-order valence-corrected chi connectivity index (χ0v) is 23.4. The first-order valence-corrected chi connectivity index (χ1v) is 14.2. The van der Waals surface area contributed by atoms with Gasteiger partial charge in [-0.3, -0.25) is 0 Å². The van der Waals surface area contributed by atoms with Crippen LogP contribution in [0.4, 0.5) is 0 Å². The van der Waals surface area contributed by atoms with Crippen molar-refractivity contribution < 1.29 is 14.2 Å². The summed E-state index contributed by atoms with van der Waals surface area (Å²) < 4.78 is 17.1. The average molecular weight is 473 g/mol. The van der Waals surface area contributed by atoms with E-state index in [1.807, 2.05) is 0 Å². The highest BCUT2D eigenvalue weighted by Crippen LogP contribution is 2.22.